The van der Waals surface area contributed by atoms with Gasteiger partial charge in [0.05, 0.1) is 19.2 Å². The molecule has 0 saturated heterocycles. The van der Waals surface area contributed by atoms with Crippen molar-refractivity contribution in [1.82, 2.24) is 0 Å². The first-order valence-corrected chi connectivity index (χ1v) is 7.97. The van der Waals surface area contributed by atoms with E-state index in [0.29, 0.717) is 46.8 Å². The molecule has 0 aliphatic carbocycles. The number of methoxy groups -OCH3 is 2. The molecule has 0 atom stereocenters. The molecule has 7 heteroatoms. The summed E-state index contributed by atoms with van der Waals surface area (Å²) in [5, 5.41) is 0.419. The van der Waals surface area contributed by atoms with Crippen LogP contribution >= 0.6 is 11.6 Å². The van der Waals surface area contributed by atoms with Crippen LogP contribution in [0.3, 0.4) is 0 Å². The van der Waals surface area contributed by atoms with Gasteiger partial charge in [-0.05, 0) is 35.9 Å². The molecule has 1 heterocycles. The molecule has 1 aliphatic heterocycles. The molecule has 0 bridgehead atoms. The van der Waals surface area contributed by atoms with Crippen molar-refractivity contribution in [2.75, 3.05) is 27.4 Å². The van der Waals surface area contributed by atoms with Crippen LogP contribution in [0, 0.1) is 0 Å². The molecule has 0 radical (unpaired) electrons. The Morgan fingerprint density at radius 2 is 1.92 bits per heavy atom. The summed E-state index contributed by atoms with van der Waals surface area (Å²) in [4.78, 5) is 12.4. The number of hydrogen-bond acceptors (Lipinski definition) is 6. The predicted molar refractivity (Wildman–Crippen MR) is 91.1 cm³/mol. The average Bonchev–Trinajstić information content (AvgIpc) is 2.65. The Bertz CT molecular complexity index is 789. The molecule has 2 aromatic carbocycles. The number of halogens is 1. The van der Waals surface area contributed by atoms with Gasteiger partial charge in [0.2, 0.25) is 0 Å². The summed E-state index contributed by atoms with van der Waals surface area (Å²) in [6.45, 7) is 0.944. The highest BCUT2D eigenvalue weighted by molar-refractivity contribution is 6.32. The minimum absolute atomic E-state index is 0.0373. The van der Waals surface area contributed by atoms with E-state index < -0.39 is 5.97 Å². The number of esters is 1. The second kappa shape index (κ2) is 7.53. The fourth-order valence-corrected chi connectivity index (χ4v) is 2.74. The van der Waals surface area contributed by atoms with Crippen LogP contribution in [-0.2, 0) is 11.3 Å². The van der Waals surface area contributed by atoms with Crippen LogP contribution < -0.4 is 18.9 Å². The van der Waals surface area contributed by atoms with Gasteiger partial charge in [0, 0.05) is 0 Å². The molecular weight excluding hydrogens is 348 g/mol. The van der Waals surface area contributed by atoms with Crippen molar-refractivity contribution in [3.8, 4) is 23.0 Å². The predicted octanol–water partition coefficient (Wildman–Crippen LogP) is 3.49. The van der Waals surface area contributed by atoms with Gasteiger partial charge in [0.15, 0.2) is 11.5 Å². The van der Waals surface area contributed by atoms with Crippen LogP contribution in [-0.4, -0.2) is 33.4 Å². The largest absolute Gasteiger partial charge is 0.497 e. The smallest absolute Gasteiger partial charge is 0.342 e. The van der Waals surface area contributed by atoms with Crippen LogP contribution in [0.4, 0.5) is 0 Å². The number of fused-ring (bicyclic) bond motifs is 1. The minimum Gasteiger partial charge on any atom is -0.497 e. The third-order valence-corrected chi connectivity index (χ3v) is 3.93. The maximum Gasteiger partial charge on any atom is 0.342 e. The molecule has 0 spiro atoms. The third kappa shape index (κ3) is 3.74. The van der Waals surface area contributed by atoms with Crippen molar-refractivity contribution in [3.63, 3.8) is 0 Å². The normalized spacial score (nSPS) is 12.4. The highest BCUT2D eigenvalue weighted by atomic mass is 35.5. The molecule has 132 valence electrons. The van der Waals surface area contributed by atoms with Crippen molar-refractivity contribution in [1.29, 1.82) is 0 Å². The van der Waals surface area contributed by atoms with Crippen LogP contribution in [0.5, 0.6) is 23.0 Å². The van der Waals surface area contributed by atoms with E-state index in [0.717, 1.165) is 0 Å². The fraction of sp³-hybridized carbons (Fsp3) is 0.278. The van der Waals surface area contributed by atoms with E-state index in [1.54, 1.807) is 30.3 Å². The molecule has 0 amide bonds. The number of rotatable bonds is 5. The molecule has 0 fully saturated rings. The van der Waals surface area contributed by atoms with Gasteiger partial charge in [-0.15, -0.1) is 0 Å². The van der Waals surface area contributed by atoms with Crippen LogP contribution in [0.15, 0.2) is 30.3 Å². The Balaban J connectivity index is 1.76. The number of hydrogen-bond donors (Lipinski definition) is 0. The molecule has 3 rings (SSSR count). The lowest BCUT2D eigenvalue weighted by atomic mass is 10.2. The Labute approximate surface area is 150 Å². The zero-order chi connectivity index (χ0) is 17.8. The topological polar surface area (TPSA) is 63.2 Å². The summed E-state index contributed by atoms with van der Waals surface area (Å²) < 4.78 is 26.7. The molecule has 2 aromatic rings. The molecule has 1 aliphatic rings. The lowest BCUT2D eigenvalue weighted by molar-refractivity contribution is 0.0468. The van der Waals surface area contributed by atoms with E-state index in [4.69, 9.17) is 35.3 Å². The Kier molecular flexibility index (Phi) is 5.19. The Morgan fingerprint density at radius 1 is 1.12 bits per heavy atom. The zero-order valence-electron chi connectivity index (χ0n) is 13.8. The Hall–Kier alpha value is -2.60. The van der Waals surface area contributed by atoms with Crippen molar-refractivity contribution in [2.24, 2.45) is 0 Å². The summed E-state index contributed by atoms with van der Waals surface area (Å²) in [7, 11) is 3.01. The first-order valence-electron chi connectivity index (χ1n) is 7.59. The summed E-state index contributed by atoms with van der Waals surface area (Å²) in [6, 6.07) is 8.35. The summed E-state index contributed by atoms with van der Waals surface area (Å²) in [5.41, 5.74) is 0.981. The molecule has 0 saturated carbocycles. The lowest BCUT2D eigenvalue weighted by Crippen LogP contribution is -2.16. The van der Waals surface area contributed by atoms with E-state index in [-0.39, 0.29) is 12.2 Å². The van der Waals surface area contributed by atoms with Gasteiger partial charge in [0.1, 0.15) is 36.9 Å². The molecule has 6 nitrogen and oxygen atoms in total. The number of ether oxygens (including phenoxy) is 5. The maximum absolute atomic E-state index is 12.4. The number of carbonyl (C=O) groups is 1. The quantitative estimate of drug-likeness (QED) is 0.757. The number of carbonyl (C=O) groups excluding carboxylic acids is 1. The van der Waals surface area contributed by atoms with Gasteiger partial charge in [-0.3, -0.25) is 0 Å². The summed E-state index contributed by atoms with van der Waals surface area (Å²) >= 11 is 6.18. The monoisotopic (exact) mass is 364 g/mol. The van der Waals surface area contributed by atoms with Gasteiger partial charge in [-0.25, -0.2) is 4.79 Å². The van der Waals surface area contributed by atoms with Crippen LogP contribution in [0.1, 0.15) is 15.9 Å². The second-order valence-electron chi connectivity index (χ2n) is 5.24. The standard InChI is InChI=1S/C18H17ClO6/c1-21-12-3-4-15(22-2)13(9-12)18(20)25-10-11-7-14(19)17-16(8-11)23-5-6-24-17/h3-4,7-9H,5-6,10H2,1-2H3. The zero-order valence-corrected chi connectivity index (χ0v) is 14.6. The average molecular weight is 365 g/mol. The lowest BCUT2D eigenvalue weighted by Gasteiger charge is -2.20. The van der Waals surface area contributed by atoms with E-state index >= 15 is 0 Å². The van der Waals surface area contributed by atoms with Crippen molar-refractivity contribution in [3.05, 3.63) is 46.5 Å². The summed E-state index contributed by atoms with van der Waals surface area (Å²) in [5.74, 6) is 1.48. The van der Waals surface area contributed by atoms with Gasteiger partial charge >= 0.3 is 5.97 Å². The van der Waals surface area contributed by atoms with Crippen LogP contribution in [0.2, 0.25) is 5.02 Å². The molecule has 0 unspecified atom stereocenters. The maximum atomic E-state index is 12.4. The minimum atomic E-state index is -0.526. The van der Waals surface area contributed by atoms with Gasteiger partial charge in [0.25, 0.3) is 0 Å². The van der Waals surface area contributed by atoms with Crippen molar-refractivity contribution < 1.29 is 28.5 Å². The molecular formula is C18H17ClO6. The fourth-order valence-electron chi connectivity index (χ4n) is 2.45. The highest BCUT2D eigenvalue weighted by Gasteiger charge is 2.19. The second-order valence-corrected chi connectivity index (χ2v) is 5.65. The third-order valence-electron chi connectivity index (χ3n) is 3.65. The SMILES string of the molecule is COc1ccc(OC)c(C(=O)OCc2cc(Cl)c3c(c2)OCCO3)c1. The van der Waals surface area contributed by atoms with E-state index in [1.165, 1.54) is 14.2 Å². The van der Waals surface area contributed by atoms with Crippen LogP contribution in [0.25, 0.3) is 0 Å². The van der Waals surface area contributed by atoms with Gasteiger partial charge in [-0.2, -0.15) is 0 Å². The molecule has 0 aromatic heterocycles. The Morgan fingerprint density at radius 3 is 2.68 bits per heavy atom. The molecule has 0 N–H and O–H groups in total. The van der Waals surface area contributed by atoms with E-state index in [1.807, 2.05) is 0 Å². The molecule has 25 heavy (non-hydrogen) atoms. The van der Waals surface area contributed by atoms with Gasteiger partial charge in [-0.1, -0.05) is 11.6 Å². The van der Waals surface area contributed by atoms with Crippen molar-refractivity contribution in [2.45, 2.75) is 6.61 Å². The van der Waals surface area contributed by atoms with E-state index in [2.05, 4.69) is 0 Å². The first kappa shape index (κ1) is 17.2. The van der Waals surface area contributed by atoms with Gasteiger partial charge < -0.3 is 23.7 Å². The summed E-state index contributed by atoms with van der Waals surface area (Å²) in [6.07, 6.45) is 0. The number of benzene rings is 2. The highest BCUT2D eigenvalue weighted by Crippen LogP contribution is 2.38. The van der Waals surface area contributed by atoms with Crippen molar-refractivity contribution >= 4 is 17.6 Å². The first-order chi connectivity index (χ1) is 12.1. The van der Waals surface area contributed by atoms with E-state index in [9.17, 15) is 4.79 Å².